The fourth-order valence-corrected chi connectivity index (χ4v) is 0.419. The van der Waals surface area contributed by atoms with Crippen LogP contribution in [0, 0.1) is 0 Å². The fraction of sp³-hybridized carbons (Fsp3) is 0.500. The van der Waals surface area contributed by atoms with Crippen molar-refractivity contribution in [1.29, 1.82) is 0 Å². The van der Waals surface area contributed by atoms with E-state index < -0.39 is 18.5 Å². The van der Waals surface area contributed by atoms with Gasteiger partial charge in [0.2, 0.25) is 5.91 Å². The number of hydrogen-bond donors (Lipinski definition) is 3. The van der Waals surface area contributed by atoms with Crippen LogP contribution in [-0.2, 0) is 19.2 Å². The molecule has 0 unspecified atom stereocenters. The highest BCUT2D eigenvalue weighted by Gasteiger charge is 2.02. The van der Waals surface area contributed by atoms with Gasteiger partial charge in [-0.2, -0.15) is 0 Å². The van der Waals surface area contributed by atoms with Gasteiger partial charge in [-0.3, -0.25) is 14.4 Å². The molecule has 0 heterocycles. The van der Waals surface area contributed by atoms with Crippen molar-refractivity contribution in [2.24, 2.45) is 0 Å². The number of nitrogens with one attached hydrogen (secondary N) is 2. The summed E-state index contributed by atoms with van der Waals surface area (Å²) in [6, 6.07) is 0. The molecule has 0 fully saturated rings. The molecule has 7 nitrogen and oxygen atoms in total. The lowest BCUT2D eigenvalue weighted by atomic mass is 10.6. The van der Waals surface area contributed by atoms with E-state index in [1.54, 1.807) is 0 Å². The summed E-state index contributed by atoms with van der Waals surface area (Å²) in [7, 11) is 0. The van der Waals surface area contributed by atoms with Crippen molar-refractivity contribution in [1.82, 2.24) is 10.8 Å². The second-order valence-electron chi connectivity index (χ2n) is 2.12. The van der Waals surface area contributed by atoms with Gasteiger partial charge in [0.15, 0.2) is 6.61 Å². The van der Waals surface area contributed by atoms with E-state index in [9.17, 15) is 14.4 Å². The van der Waals surface area contributed by atoms with Crippen LogP contribution < -0.4 is 10.8 Å². The highest BCUT2D eigenvalue weighted by atomic mass is 16.7. The molecule has 0 rings (SSSR count). The summed E-state index contributed by atoms with van der Waals surface area (Å²) >= 11 is 0. The van der Waals surface area contributed by atoms with Gasteiger partial charge < -0.3 is 10.4 Å². The zero-order chi connectivity index (χ0) is 10.3. The lowest BCUT2D eigenvalue weighted by molar-refractivity contribution is -0.149. The molecular formula is C6H10N2O5. The Labute approximate surface area is 74.0 Å². The lowest BCUT2D eigenvalue weighted by Gasteiger charge is -2.03. The van der Waals surface area contributed by atoms with Crippen LogP contribution in [0.5, 0.6) is 0 Å². The van der Waals surface area contributed by atoms with E-state index in [-0.39, 0.29) is 12.5 Å². The maximum absolute atomic E-state index is 10.7. The van der Waals surface area contributed by atoms with Crippen LogP contribution in [0.2, 0.25) is 0 Å². The second kappa shape index (κ2) is 5.95. The van der Waals surface area contributed by atoms with Crippen molar-refractivity contribution in [3.05, 3.63) is 0 Å². The Balaban J connectivity index is 3.41. The Morgan fingerprint density at radius 2 is 2.00 bits per heavy atom. The lowest BCUT2D eigenvalue weighted by Crippen LogP contribution is -2.36. The molecule has 0 aromatic heterocycles. The first kappa shape index (κ1) is 11.4. The molecule has 0 saturated heterocycles. The Morgan fingerprint density at radius 1 is 1.38 bits per heavy atom. The van der Waals surface area contributed by atoms with Gasteiger partial charge >= 0.3 is 5.97 Å². The number of carboxylic acids is 1. The smallest absolute Gasteiger partial charge is 0.332 e. The zero-order valence-corrected chi connectivity index (χ0v) is 6.99. The minimum absolute atomic E-state index is 0.241. The maximum Gasteiger partial charge on any atom is 0.332 e. The van der Waals surface area contributed by atoms with Gasteiger partial charge in [0.1, 0.15) is 0 Å². The first-order valence-corrected chi connectivity index (χ1v) is 3.39. The van der Waals surface area contributed by atoms with Gasteiger partial charge in [-0.05, 0) is 0 Å². The van der Waals surface area contributed by atoms with E-state index in [0.717, 1.165) is 0 Å². The third kappa shape index (κ3) is 8.27. The molecule has 3 N–H and O–H groups in total. The number of rotatable bonds is 5. The van der Waals surface area contributed by atoms with E-state index in [4.69, 9.17) is 5.11 Å². The van der Waals surface area contributed by atoms with E-state index in [1.807, 2.05) is 5.48 Å². The van der Waals surface area contributed by atoms with Crippen LogP contribution >= 0.6 is 0 Å². The molecular weight excluding hydrogens is 180 g/mol. The topological polar surface area (TPSA) is 105 Å². The molecule has 74 valence electrons. The van der Waals surface area contributed by atoms with Crippen LogP contribution in [0.4, 0.5) is 0 Å². The summed E-state index contributed by atoms with van der Waals surface area (Å²) in [5, 5.41) is 10.3. The SMILES string of the molecule is CC(=O)NCC(=O)NOCC(=O)O. The molecule has 0 aliphatic heterocycles. The van der Waals surface area contributed by atoms with Crippen molar-refractivity contribution in [3.8, 4) is 0 Å². The first-order chi connectivity index (χ1) is 6.02. The molecule has 13 heavy (non-hydrogen) atoms. The van der Waals surface area contributed by atoms with Crippen LogP contribution in [0.1, 0.15) is 6.92 Å². The van der Waals surface area contributed by atoms with E-state index in [0.29, 0.717) is 0 Å². The highest BCUT2D eigenvalue weighted by molar-refractivity contribution is 5.83. The second-order valence-corrected chi connectivity index (χ2v) is 2.12. The Kier molecular flexibility index (Phi) is 5.20. The van der Waals surface area contributed by atoms with Crippen molar-refractivity contribution >= 4 is 17.8 Å². The van der Waals surface area contributed by atoms with Gasteiger partial charge in [0, 0.05) is 6.92 Å². The van der Waals surface area contributed by atoms with Crippen molar-refractivity contribution in [3.63, 3.8) is 0 Å². The van der Waals surface area contributed by atoms with Gasteiger partial charge in [0.05, 0.1) is 6.54 Å². The van der Waals surface area contributed by atoms with Gasteiger partial charge in [-0.15, -0.1) is 0 Å². The Morgan fingerprint density at radius 3 is 2.46 bits per heavy atom. The van der Waals surface area contributed by atoms with Crippen LogP contribution in [0.3, 0.4) is 0 Å². The van der Waals surface area contributed by atoms with Gasteiger partial charge in [-0.1, -0.05) is 0 Å². The Hall–Kier alpha value is -1.63. The number of carbonyl (C=O) groups excluding carboxylic acids is 2. The van der Waals surface area contributed by atoms with Crippen LogP contribution in [-0.4, -0.2) is 36.0 Å². The molecule has 0 bridgehead atoms. The van der Waals surface area contributed by atoms with E-state index >= 15 is 0 Å². The monoisotopic (exact) mass is 190 g/mol. The quantitative estimate of drug-likeness (QED) is 0.446. The normalized spacial score (nSPS) is 9.00. The average Bonchev–Trinajstić information content (AvgIpc) is 2.00. The Bertz CT molecular complexity index is 215. The van der Waals surface area contributed by atoms with E-state index in [2.05, 4.69) is 10.2 Å². The third-order valence-corrected chi connectivity index (χ3v) is 0.880. The molecule has 0 saturated carbocycles. The number of carboxylic acid groups (broad SMARTS) is 1. The minimum Gasteiger partial charge on any atom is -0.479 e. The predicted octanol–water partition coefficient (Wildman–Crippen LogP) is -1.75. The summed E-state index contributed by atoms with van der Waals surface area (Å²) < 4.78 is 0. The molecule has 0 aromatic rings. The molecule has 7 heteroatoms. The number of hydroxylamine groups is 1. The summed E-state index contributed by atoms with van der Waals surface area (Å²) in [5.41, 5.74) is 1.83. The summed E-state index contributed by atoms with van der Waals surface area (Å²) in [4.78, 5) is 35.1. The molecule has 0 radical (unpaired) electrons. The van der Waals surface area contributed by atoms with Crippen molar-refractivity contribution in [2.75, 3.05) is 13.2 Å². The number of carbonyl (C=O) groups is 3. The van der Waals surface area contributed by atoms with Crippen LogP contribution in [0.25, 0.3) is 0 Å². The number of hydrogen-bond acceptors (Lipinski definition) is 4. The van der Waals surface area contributed by atoms with Gasteiger partial charge in [-0.25, -0.2) is 10.3 Å². The molecule has 0 spiro atoms. The zero-order valence-electron chi connectivity index (χ0n) is 6.99. The maximum atomic E-state index is 10.7. The molecule has 0 atom stereocenters. The molecule has 0 aromatic carbocycles. The first-order valence-electron chi connectivity index (χ1n) is 3.39. The summed E-state index contributed by atoms with van der Waals surface area (Å²) in [6.45, 7) is 0.395. The van der Waals surface area contributed by atoms with Gasteiger partial charge in [0.25, 0.3) is 5.91 Å². The van der Waals surface area contributed by atoms with Crippen molar-refractivity contribution < 1.29 is 24.3 Å². The third-order valence-electron chi connectivity index (χ3n) is 0.880. The summed E-state index contributed by atoms with van der Waals surface area (Å²) in [5.74, 6) is -2.16. The van der Waals surface area contributed by atoms with Crippen molar-refractivity contribution in [2.45, 2.75) is 6.92 Å². The van der Waals surface area contributed by atoms with E-state index in [1.165, 1.54) is 6.92 Å². The highest BCUT2D eigenvalue weighted by Crippen LogP contribution is 1.70. The largest absolute Gasteiger partial charge is 0.479 e. The average molecular weight is 190 g/mol. The minimum atomic E-state index is -1.19. The number of amides is 2. The molecule has 0 aliphatic carbocycles. The van der Waals surface area contributed by atoms with Crippen LogP contribution in [0.15, 0.2) is 0 Å². The standard InChI is InChI=1S/C6H10N2O5/c1-4(9)7-2-5(10)8-13-3-6(11)12/h2-3H2,1H3,(H,7,9)(H,8,10)(H,11,12). The fourth-order valence-electron chi connectivity index (χ4n) is 0.419. The predicted molar refractivity (Wildman–Crippen MR) is 40.4 cm³/mol. The molecule has 2 amide bonds. The molecule has 0 aliphatic rings. The summed E-state index contributed by atoms with van der Waals surface area (Å²) in [6.07, 6.45) is 0. The number of aliphatic carboxylic acids is 1.